The van der Waals surface area contributed by atoms with Gasteiger partial charge >= 0.3 is 0 Å². The van der Waals surface area contributed by atoms with Crippen LogP contribution in [0, 0.1) is 6.92 Å². The molecule has 3 aromatic rings. The summed E-state index contributed by atoms with van der Waals surface area (Å²) in [5.41, 5.74) is 6.55. The second-order valence-corrected chi connectivity index (χ2v) is 5.43. The third-order valence-corrected chi connectivity index (χ3v) is 3.95. The Morgan fingerprint density at radius 3 is 2.57 bits per heavy atom. The largest absolute Gasteiger partial charge is 0.241 e. The second kappa shape index (κ2) is 5.61. The molecule has 0 radical (unpaired) electrons. The van der Waals surface area contributed by atoms with E-state index >= 15 is 0 Å². The van der Waals surface area contributed by atoms with Crippen LogP contribution in [0.25, 0.3) is 16.8 Å². The Kier molecular flexibility index (Phi) is 3.31. The standard InChI is InChI=1S/C18H15N5/c1-13-11-14(7-8-18(13)23-10-4-9-20-23)15-5-2-3-6-16(15)17-12-19-22-21-17/h2-11H,12H2,1H3. The van der Waals surface area contributed by atoms with Gasteiger partial charge in [-0.25, -0.2) is 4.68 Å². The van der Waals surface area contributed by atoms with Crippen molar-refractivity contribution < 1.29 is 0 Å². The molecule has 0 fully saturated rings. The lowest BCUT2D eigenvalue weighted by Crippen LogP contribution is -2.04. The Balaban J connectivity index is 1.79. The maximum absolute atomic E-state index is 4.30. The van der Waals surface area contributed by atoms with Gasteiger partial charge in [0, 0.05) is 18.0 Å². The van der Waals surface area contributed by atoms with Crippen LogP contribution < -0.4 is 0 Å². The van der Waals surface area contributed by atoms with Gasteiger partial charge in [-0.15, -0.1) is 5.10 Å². The molecular formula is C18H15N5. The van der Waals surface area contributed by atoms with Crippen LogP contribution >= 0.6 is 0 Å². The fraction of sp³-hybridized carbons (Fsp3) is 0.111. The monoisotopic (exact) mass is 301 g/mol. The second-order valence-electron chi connectivity index (χ2n) is 5.43. The van der Waals surface area contributed by atoms with Crippen molar-refractivity contribution in [2.75, 3.05) is 6.54 Å². The van der Waals surface area contributed by atoms with E-state index in [1.807, 2.05) is 29.1 Å². The molecule has 0 N–H and O–H groups in total. The van der Waals surface area contributed by atoms with Crippen molar-refractivity contribution in [2.45, 2.75) is 6.92 Å². The molecule has 0 saturated carbocycles. The van der Waals surface area contributed by atoms with Gasteiger partial charge in [0.2, 0.25) is 0 Å². The highest BCUT2D eigenvalue weighted by Gasteiger charge is 2.14. The van der Waals surface area contributed by atoms with Crippen LogP contribution in [0.15, 0.2) is 76.4 Å². The van der Waals surface area contributed by atoms with E-state index in [2.05, 4.69) is 57.8 Å². The third-order valence-electron chi connectivity index (χ3n) is 3.95. The number of aryl methyl sites for hydroxylation is 1. The Hall–Kier alpha value is -3.08. The number of benzene rings is 2. The summed E-state index contributed by atoms with van der Waals surface area (Å²) >= 11 is 0. The normalized spacial score (nSPS) is 13.3. The van der Waals surface area contributed by atoms with Gasteiger partial charge in [-0.2, -0.15) is 10.2 Å². The van der Waals surface area contributed by atoms with Gasteiger partial charge in [0.1, 0.15) is 6.54 Å². The van der Waals surface area contributed by atoms with Crippen molar-refractivity contribution in [3.05, 3.63) is 72.1 Å². The fourth-order valence-electron chi connectivity index (χ4n) is 2.83. The van der Waals surface area contributed by atoms with Gasteiger partial charge in [-0.05, 0) is 47.0 Å². The highest BCUT2D eigenvalue weighted by molar-refractivity contribution is 6.07. The topological polar surface area (TPSA) is 54.9 Å². The first-order valence-electron chi connectivity index (χ1n) is 7.47. The van der Waals surface area contributed by atoms with Gasteiger partial charge in [0.05, 0.1) is 11.4 Å². The molecule has 0 saturated heterocycles. The van der Waals surface area contributed by atoms with Crippen molar-refractivity contribution in [2.24, 2.45) is 15.4 Å². The lowest BCUT2D eigenvalue weighted by Gasteiger charge is -2.12. The first-order valence-corrected chi connectivity index (χ1v) is 7.47. The van der Waals surface area contributed by atoms with E-state index in [4.69, 9.17) is 0 Å². The number of hydrogen-bond donors (Lipinski definition) is 0. The zero-order valence-corrected chi connectivity index (χ0v) is 12.7. The first kappa shape index (κ1) is 13.6. The van der Waals surface area contributed by atoms with Crippen LogP contribution in [0.2, 0.25) is 0 Å². The van der Waals surface area contributed by atoms with Crippen LogP contribution in [0.1, 0.15) is 11.1 Å². The Morgan fingerprint density at radius 2 is 1.87 bits per heavy atom. The molecule has 0 spiro atoms. The summed E-state index contributed by atoms with van der Waals surface area (Å²) in [6, 6.07) is 16.6. The maximum atomic E-state index is 4.30. The minimum absolute atomic E-state index is 0.543. The van der Waals surface area contributed by atoms with Crippen molar-refractivity contribution in [1.29, 1.82) is 0 Å². The molecule has 0 atom stereocenters. The minimum Gasteiger partial charge on any atom is -0.241 e. The highest BCUT2D eigenvalue weighted by Crippen LogP contribution is 2.28. The van der Waals surface area contributed by atoms with Crippen LogP contribution in [-0.4, -0.2) is 22.0 Å². The number of rotatable bonds is 3. The van der Waals surface area contributed by atoms with E-state index in [1.165, 1.54) is 5.56 Å². The van der Waals surface area contributed by atoms with Crippen LogP contribution in [0.4, 0.5) is 0 Å². The van der Waals surface area contributed by atoms with Crippen molar-refractivity contribution in [3.63, 3.8) is 0 Å². The molecule has 0 aliphatic carbocycles. The molecule has 0 amide bonds. The van der Waals surface area contributed by atoms with Crippen molar-refractivity contribution in [3.8, 4) is 16.8 Å². The van der Waals surface area contributed by atoms with Crippen molar-refractivity contribution in [1.82, 2.24) is 9.78 Å². The maximum Gasteiger partial charge on any atom is 0.107 e. The van der Waals surface area contributed by atoms with Crippen LogP contribution in [0.3, 0.4) is 0 Å². The molecule has 1 aromatic heterocycles. The SMILES string of the molecule is Cc1cc(-c2ccccc2C2=NN=NC2)ccc1-n1cccn1. The van der Waals surface area contributed by atoms with Gasteiger partial charge in [0.15, 0.2) is 0 Å². The van der Waals surface area contributed by atoms with Gasteiger partial charge in [-0.3, -0.25) is 0 Å². The molecule has 0 bridgehead atoms. The van der Waals surface area contributed by atoms with Gasteiger partial charge < -0.3 is 0 Å². The van der Waals surface area contributed by atoms with Crippen molar-refractivity contribution >= 4 is 5.71 Å². The molecule has 5 heteroatoms. The molecule has 0 unspecified atom stereocenters. The summed E-state index contributed by atoms with van der Waals surface area (Å²) in [4.78, 5) is 0. The summed E-state index contributed by atoms with van der Waals surface area (Å²) in [7, 11) is 0. The minimum atomic E-state index is 0.543. The molecule has 2 aromatic carbocycles. The predicted molar refractivity (Wildman–Crippen MR) is 90.0 cm³/mol. The smallest absolute Gasteiger partial charge is 0.107 e. The summed E-state index contributed by atoms with van der Waals surface area (Å²) in [6.45, 7) is 2.64. The lowest BCUT2D eigenvalue weighted by molar-refractivity contribution is 0.873. The quantitative estimate of drug-likeness (QED) is 0.721. The zero-order chi connectivity index (χ0) is 15.6. The molecule has 1 aliphatic heterocycles. The number of aromatic nitrogens is 2. The molecule has 1 aliphatic rings. The van der Waals surface area contributed by atoms with E-state index in [-0.39, 0.29) is 0 Å². The molecule has 112 valence electrons. The Bertz CT molecular complexity index is 907. The van der Waals surface area contributed by atoms with E-state index in [1.54, 1.807) is 6.20 Å². The summed E-state index contributed by atoms with van der Waals surface area (Å²) in [5.74, 6) is 0. The predicted octanol–water partition coefficient (Wildman–Crippen LogP) is 4.02. The third kappa shape index (κ3) is 2.46. The molecule has 2 heterocycles. The van der Waals surface area contributed by atoms with E-state index in [0.29, 0.717) is 6.54 Å². The van der Waals surface area contributed by atoms with E-state index in [0.717, 1.165) is 28.1 Å². The summed E-state index contributed by atoms with van der Waals surface area (Å²) in [6.07, 6.45) is 3.74. The highest BCUT2D eigenvalue weighted by atomic mass is 15.4. The zero-order valence-electron chi connectivity index (χ0n) is 12.7. The van der Waals surface area contributed by atoms with Gasteiger partial charge in [0.25, 0.3) is 0 Å². The lowest BCUT2D eigenvalue weighted by atomic mass is 9.95. The summed E-state index contributed by atoms with van der Waals surface area (Å²) < 4.78 is 1.88. The Morgan fingerprint density at radius 1 is 1.00 bits per heavy atom. The summed E-state index contributed by atoms with van der Waals surface area (Å²) in [5, 5.41) is 16.1. The Labute approximate surface area is 134 Å². The number of nitrogens with zero attached hydrogens (tertiary/aromatic N) is 5. The molecule has 23 heavy (non-hydrogen) atoms. The van der Waals surface area contributed by atoms with Crippen LogP contribution in [0.5, 0.6) is 0 Å². The van der Waals surface area contributed by atoms with Gasteiger partial charge in [-0.1, -0.05) is 30.3 Å². The number of hydrogen-bond acceptors (Lipinski definition) is 4. The first-order chi connectivity index (χ1) is 11.3. The van der Waals surface area contributed by atoms with Crippen LogP contribution in [-0.2, 0) is 0 Å². The average molecular weight is 301 g/mol. The fourth-order valence-corrected chi connectivity index (χ4v) is 2.83. The molecular weight excluding hydrogens is 286 g/mol. The van der Waals surface area contributed by atoms with E-state index < -0.39 is 0 Å². The van der Waals surface area contributed by atoms with E-state index in [9.17, 15) is 0 Å². The molecule has 5 nitrogen and oxygen atoms in total. The molecule has 4 rings (SSSR count). The average Bonchev–Trinajstić information content (AvgIpc) is 3.28.